The number of hydrogen-bond acceptors (Lipinski definition) is 3. The minimum absolute atomic E-state index is 0.214. The van der Waals surface area contributed by atoms with Gasteiger partial charge in [0.15, 0.2) is 0 Å². The Balaban J connectivity index is 2.19. The fraction of sp³-hybridized carbons (Fsp3) is 0.933. The lowest BCUT2D eigenvalue weighted by Crippen LogP contribution is -2.43. The maximum absolute atomic E-state index is 11.9. The first-order valence-electron chi connectivity index (χ1n) is 7.64. The third kappa shape index (κ3) is 6.39. The van der Waals surface area contributed by atoms with Crippen LogP contribution in [-0.2, 0) is 4.79 Å². The minimum Gasteiger partial charge on any atom is -0.355 e. The highest BCUT2D eigenvalue weighted by Crippen LogP contribution is 2.17. The predicted molar refractivity (Wildman–Crippen MR) is 80.2 cm³/mol. The number of piperidine rings is 1. The molecule has 1 aliphatic heterocycles. The molecule has 19 heavy (non-hydrogen) atoms. The van der Waals surface area contributed by atoms with Crippen molar-refractivity contribution in [2.24, 2.45) is 11.8 Å². The SMILES string of the molecule is CC(C)C(CNC(=O)CCC1CCNCC1)N(C)C. The van der Waals surface area contributed by atoms with Crippen molar-refractivity contribution in [1.82, 2.24) is 15.5 Å². The Kier molecular flexibility index (Phi) is 7.39. The molecule has 1 aliphatic rings. The van der Waals surface area contributed by atoms with Gasteiger partial charge in [-0.05, 0) is 58.3 Å². The molecule has 0 bridgehead atoms. The van der Waals surface area contributed by atoms with Crippen molar-refractivity contribution >= 4 is 5.91 Å². The maximum Gasteiger partial charge on any atom is 0.220 e. The molecule has 4 heteroatoms. The van der Waals surface area contributed by atoms with E-state index in [9.17, 15) is 4.79 Å². The average Bonchev–Trinajstić information content (AvgIpc) is 2.37. The van der Waals surface area contributed by atoms with Crippen LogP contribution in [0.2, 0.25) is 0 Å². The molecule has 1 unspecified atom stereocenters. The number of nitrogens with zero attached hydrogens (tertiary/aromatic N) is 1. The molecule has 0 spiro atoms. The highest BCUT2D eigenvalue weighted by Gasteiger charge is 2.18. The molecule has 1 heterocycles. The van der Waals surface area contributed by atoms with E-state index in [-0.39, 0.29) is 5.91 Å². The molecule has 1 fully saturated rings. The van der Waals surface area contributed by atoms with Crippen molar-refractivity contribution < 1.29 is 4.79 Å². The first-order chi connectivity index (χ1) is 9.00. The smallest absolute Gasteiger partial charge is 0.220 e. The number of nitrogens with one attached hydrogen (secondary N) is 2. The molecule has 1 amide bonds. The van der Waals surface area contributed by atoms with Gasteiger partial charge in [0.1, 0.15) is 0 Å². The van der Waals surface area contributed by atoms with Crippen LogP contribution in [0.3, 0.4) is 0 Å². The van der Waals surface area contributed by atoms with Crippen LogP contribution in [-0.4, -0.2) is 50.6 Å². The van der Waals surface area contributed by atoms with E-state index in [2.05, 4.69) is 43.5 Å². The summed E-state index contributed by atoms with van der Waals surface area (Å²) in [5, 5.41) is 6.45. The quantitative estimate of drug-likeness (QED) is 0.735. The Labute approximate surface area is 118 Å². The molecule has 0 aromatic rings. The van der Waals surface area contributed by atoms with E-state index in [0.29, 0.717) is 18.4 Å². The second kappa shape index (κ2) is 8.54. The lowest BCUT2D eigenvalue weighted by molar-refractivity contribution is -0.121. The molecule has 1 atom stereocenters. The highest BCUT2D eigenvalue weighted by molar-refractivity contribution is 5.75. The molecule has 0 radical (unpaired) electrons. The fourth-order valence-electron chi connectivity index (χ4n) is 2.83. The van der Waals surface area contributed by atoms with Crippen LogP contribution >= 0.6 is 0 Å². The van der Waals surface area contributed by atoms with E-state index >= 15 is 0 Å². The van der Waals surface area contributed by atoms with E-state index in [1.54, 1.807) is 0 Å². The van der Waals surface area contributed by atoms with Crippen molar-refractivity contribution in [2.45, 2.75) is 45.6 Å². The van der Waals surface area contributed by atoms with Crippen LogP contribution in [0.15, 0.2) is 0 Å². The zero-order valence-electron chi connectivity index (χ0n) is 13.0. The highest BCUT2D eigenvalue weighted by atomic mass is 16.1. The fourth-order valence-corrected chi connectivity index (χ4v) is 2.83. The molecule has 4 nitrogen and oxygen atoms in total. The Bertz CT molecular complexity index is 252. The number of carbonyl (C=O) groups excluding carboxylic acids is 1. The third-order valence-corrected chi connectivity index (χ3v) is 4.18. The van der Waals surface area contributed by atoms with E-state index < -0.39 is 0 Å². The summed E-state index contributed by atoms with van der Waals surface area (Å²) < 4.78 is 0. The van der Waals surface area contributed by atoms with Crippen molar-refractivity contribution in [3.8, 4) is 0 Å². The molecule has 2 N–H and O–H groups in total. The van der Waals surface area contributed by atoms with Crippen LogP contribution in [0.25, 0.3) is 0 Å². The van der Waals surface area contributed by atoms with Crippen LogP contribution in [0.5, 0.6) is 0 Å². The molecular weight excluding hydrogens is 238 g/mol. The van der Waals surface area contributed by atoms with E-state index in [4.69, 9.17) is 0 Å². The summed E-state index contributed by atoms with van der Waals surface area (Å²) in [6, 6.07) is 0.419. The van der Waals surface area contributed by atoms with Crippen LogP contribution < -0.4 is 10.6 Å². The molecule has 0 aromatic heterocycles. The number of hydrogen-bond donors (Lipinski definition) is 2. The van der Waals surface area contributed by atoms with Crippen molar-refractivity contribution in [3.63, 3.8) is 0 Å². The van der Waals surface area contributed by atoms with Gasteiger partial charge >= 0.3 is 0 Å². The van der Waals surface area contributed by atoms with Gasteiger partial charge in [-0.25, -0.2) is 0 Å². The molecule has 112 valence electrons. The predicted octanol–water partition coefficient (Wildman–Crippen LogP) is 1.47. The van der Waals surface area contributed by atoms with E-state index in [0.717, 1.165) is 32.0 Å². The summed E-state index contributed by atoms with van der Waals surface area (Å²) in [4.78, 5) is 14.1. The van der Waals surface area contributed by atoms with Gasteiger partial charge in [0.05, 0.1) is 0 Å². The zero-order valence-corrected chi connectivity index (χ0v) is 13.0. The lowest BCUT2D eigenvalue weighted by Gasteiger charge is -2.28. The summed E-state index contributed by atoms with van der Waals surface area (Å²) in [6.45, 7) is 7.39. The Morgan fingerprint density at radius 1 is 1.32 bits per heavy atom. The van der Waals surface area contributed by atoms with E-state index in [1.807, 2.05) is 0 Å². The first-order valence-corrected chi connectivity index (χ1v) is 7.64. The second-order valence-electron chi connectivity index (χ2n) is 6.31. The monoisotopic (exact) mass is 269 g/mol. The molecule has 1 rings (SSSR count). The first kappa shape index (κ1) is 16.4. The van der Waals surface area contributed by atoms with Gasteiger partial charge in [0, 0.05) is 19.0 Å². The molecule has 0 aliphatic carbocycles. The van der Waals surface area contributed by atoms with Crippen LogP contribution in [0.4, 0.5) is 0 Å². The van der Waals surface area contributed by atoms with Crippen LogP contribution in [0, 0.1) is 11.8 Å². The molecule has 1 saturated heterocycles. The standard InChI is InChI=1S/C15H31N3O/c1-12(2)14(18(3)4)11-17-15(19)6-5-13-7-9-16-10-8-13/h12-14,16H,5-11H2,1-4H3,(H,17,19). The minimum atomic E-state index is 0.214. The van der Waals surface area contributed by atoms with Gasteiger partial charge in [-0.1, -0.05) is 13.8 Å². The van der Waals surface area contributed by atoms with Crippen LogP contribution in [0.1, 0.15) is 39.5 Å². The van der Waals surface area contributed by atoms with Crippen molar-refractivity contribution in [1.29, 1.82) is 0 Å². The Hall–Kier alpha value is -0.610. The maximum atomic E-state index is 11.9. The summed E-state index contributed by atoms with van der Waals surface area (Å²) in [6.07, 6.45) is 4.17. The third-order valence-electron chi connectivity index (χ3n) is 4.18. The number of amides is 1. The van der Waals surface area contributed by atoms with E-state index in [1.165, 1.54) is 12.8 Å². The zero-order chi connectivity index (χ0) is 14.3. The van der Waals surface area contributed by atoms with Gasteiger partial charge in [-0.15, -0.1) is 0 Å². The Morgan fingerprint density at radius 3 is 2.47 bits per heavy atom. The largest absolute Gasteiger partial charge is 0.355 e. The number of likely N-dealkylation sites (N-methyl/N-ethyl adjacent to an activating group) is 1. The van der Waals surface area contributed by atoms with Crippen molar-refractivity contribution in [2.75, 3.05) is 33.7 Å². The number of rotatable bonds is 7. The second-order valence-corrected chi connectivity index (χ2v) is 6.31. The van der Waals surface area contributed by atoms with Gasteiger partial charge in [-0.2, -0.15) is 0 Å². The summed E-state index contributed by atoms with van der Waals surface area (Å²) in [5.74, 6) is 1.51. The summed E-state index contributed by atoms with van der Waals surface area (Å²) in [5.41, 5.74) is 0. The molecule has 0 aromatic carbocycles. The molecule has 0 saturated carbocycles. The summed E-state index contributed by atoms with van der Waals surface area (Å²) >= 11 is 0. The van der Waals surface area contributed by atoms with Gasteiger partial charge < -0.3 is 15.5 Å². The number of carbonyl (C=O) groups is 1. The van der Waals surface area contributed by atoms with Gasteiger partial charge in [0.25, 0.3) is 0 Å². The lowest BCUT2D eigenvalue weighted by atomic mass is 9.93. The van der Waals surface area contributed by atoms with Gasteiger partial charge in [0.2, 0.25) is 5.91 Å². The topological polar surface area (TPSA) is 44.4 Å². The van der Waals surface area contributed by atoms with Crippen molar-refractivity contribution in [3.05, 3.63) is 0 Å². The average molecular weight is 269 g/mol. The molecular formula is C15H31N3O. The normalized spacial score (nSPS) is 18.8. The Morgan fingerprint density at radius 2 is 1.95 bits per heavy atom. The summed E-state index contributed by atoms with van der Waals surface area (Å²) in [7, 11) is 4.15. The van der Waals surface area contributed by atoms with Gasteiger partial charge in [-0.3, -0.25) is 4.79 Å².